The second-order valence-corrected chi connectivity index (χ2v) is 13.6. The molecule has 0 radical (unpaired) electrons. The van der Waals surface area contributed by atoms with Crippen molar-refractivity contribution < 1.29 is 9.53 Å². The van der Waals surface area contributed by atoms with E-state index in [0.29, 0.717) is 29.5 Å². The van der Waals surface area contributed by atoms with Crippen molar-refractivity contribution in [3.63, 3.8) is 0 Å². The highest BCUT2D eigenvalue weighted by molar-refractivity contribution is 6.31. The number of anilines is 1. The molecule has 9 heteroatoms. The molecule has 47 heavy (non-hydrogen) atoms. The van der Waals surface area contributed by atoms with Gasteiger partial charge in [-0.3, -0.25) is 9.47 Å². The van der Waals surface area contributed by atoms with Gasteiger partial charge in [0.25, 0.3) is 0 Å². The third kappa shape index (κ3) is 9.66. The van der Waals surface area contributed by atoms with Crippen LogP contribution >= 0.6 is 23.2 Å². The lowest BCUT2D eigenvalue weighted by Crippen LogP contribution is -2.44. The normalized spacial score (nSPS) is 14.8. The Morgan fingerprint density at radius 2 is 1.62 bits per heavy atom. The van der Waals surface area contributed by atoms with Crippen molar-refractivity contribution in [2.45, 2.75) is 64.2 Å². The van der Waals surface area contributed by atoms with Gasteiger partial charge < -0.3 is 25.7 Å². The smallest absolute Gasteiger partial charge is 0.224 e. The van der Waals surface area contributed by atoms with Crippen LogP contribution in [0.2, 0.25) is 10.0 Å². The van der Waals surface area contributed by atoms with Gasteiger partial charge >= 0.3 is 0 Å². The maximum Gasteiger partial charge on any atom is 0.224 e. The van der Waals surface area contributed by atoms with E-state index in [1.807, 2.05) is 42.5 Å². The number of piperazine rings is 1. The van der Waals surface area contributed by atoms with Gasteiger partial charge in [-0.05, 0) is 105 Å². The number of nitrogen functional groups attached to an aromatic ring is 1. The number of carbonyl (C=O) groups excluding carboxylic acids is 1. The van der Waals surface area contributed by atoms with Crippen LogP contribution in [-0.4, -0.2) is 66.8 Å². The van der Waals surface area contributed by atoms with E-state index in [1.54, 1.807) is 16.8 Å². The summed E-state index contributed by atoms with van der Waals surface area (Å²) in [6.07, 6.45) is 7.45. The number of aromatic nitrogens is 1. The minimum absolute atomic E-state index is 0.0550. The highest BCUT2D eigenvalue weighted by Gasteiger charge is 2.26. The number of halogens is 2. The Hall–Kier alpha value is -3.23. The Balaban J connectivity index is 1.24. The molecule has 3 aromatic carbocycles. The van der Waals surface area contributed by atoms with Crippen molar-refractivity contribution in [2.75, 3.05) is 57.5 Å². The van der Waals surface area contributed by atoms with E-state index in [2.05, 4.69) is 41.2 Å². The molecule has 1 aliphatic heterocycles. The van der Waals surface area contributed by atoms with Gasteiger partial charge in [-0.25, -0.2) is 0 Å². The third-order valence-electron chi connectivity index (χ3n) is 9.25. The molecule has 1 aliphatic rings. The molecule has 1 saturated heterocycles. The van der Waals surface area contributed by atoms with E-state index >= 15 is 0 Å². The maximum atomic E-state index is 13.1. The molecule has 1 amide bonds. The summed E-state index contributed by atoms with van der Waals surface area (Å²) >= 11 is 12.5. The van der Waals surface area contributed by atoms with Crippen molar-refractivity contribution in [2.24, 2.45) is 0 Å². The molecular formula is C38H49Cl2N5O2. The average molecular weight is 679 g/mol. The predicted molar refractivity (Wildman–Crippen MR) is 197 cm³/mol. The summed E-state index contributed by atoms with van der Waals surface area (Å²) in [6.45, 7) is 8.82. The fourth-order valence-electron chi connectivity index (χ4n) is 6.61. The van der Waals surface area contributed by atoms with Gasteiger partial charge in [0.1, 0.15) is 5.75 Å². The number of aryl methyl sites for hydroxylation is 1. The molecular weight excluding hydrogens is 629 g/mol. The molecule has 5 rings (SSSR count). The standard InChI is InChI=1S/C38H49Cl2N5O2/c1-3-8-34-35-27-30(40)13-19-36(35)45(41)38(34)33(18-20-37(46)42-31-14-11-29(39)12-15-31)28-9-16-32(17-10-28)47-26-7-5-4-6-21-44-24-22-43(2)23-25-44/h9-17,19,27,33H,3-8,18,20-26,41H2,1-2H3,(H,42,46). The molecule has 0 aliphatic carbocycles. The predicted octanol–water partition coefficient (Wildman–Crippen LogP) is 8.35. The number of rotatable bonds is 16. The van der Waals surface area contributed by atoms with Gasteiger partial charge in [0.2, 0.25) is 5.91 Å². The zero-order valence-electron chi connectivity index (χ0n) is 27.8. The molecule has 0 spiro atoms. The highest BCUT2D eigenvalue weighted by atomic mass is 35.5. The number of ether oxygens (including phenoxy) is 1. The van der Waals surface area contributed by atoms with Crippen LogP contribution in [0.1, 0.15) is 74.6 Å². The lowest BCUT2D eigenvalue weighted by atomic mass is 9.87. The number of carbonyl (C=O) groups is 1. The van der Waals surface area contributed by atoms with Gasteiger partial charge in [0.05, 0.1) is 17.8 Å². The number of nitrogens with one attached hydrogen (secondary N) is 1. The molecule has 3 N–H and O–H groups in total. The molecule has 252 valence electrons. The number of benzene rings is 3. The fourth-order valence-corrected chi connectivity index (χ4v) is 6.90. The maximum absolute atomic E-state index is 13.1. The SMILES string of the molecule is CCCc1c(C(CCC(=O)Nc2ccc(Cl)cc2)c2ccc(OCCCCCCN3CCN(C)CC3)cc2)n(N)c2ccc(Cl)cc12. The summed E-state index contributed by atoms with van der Waals surface area (Å²) in [4.78, 5) is 18.1. The minimum Gasteiger partial charge on any atom is -0.494 e. The zero-order chi connectivity index (χ0) is 33.2. The van der Waals surface area contributed by atoms with Gasteiger partial charge in [0.15, 0.2) is 0 Å². The van der Waals surface area contributed by atoms with Crippen LogP contribution in [-0.2, 0) is 11.2 Å². The Morgan fingerprint density at radius 3 is 2.34 bits per heavy atom. The minimum atomic E-state index is -0.0990. The molecule has 1 aromatic heterocycles. The second-order valence-electron chi connectivity index (χ2n) is 12.8. The number of nitrogens with two attached hydrogens (primary N) is 1. The summed E-state index contributed by atoms with van der Waals surface area (Å²) in [5, 5.41) is 5.39. The number of hydrogen-bond donors (Lipinski definition) is 2. The molecule has 0 saturated carbocycles. The summed E-state index contributed by atoms with van der Waals surface area (Å²) in [5.41, 5.74) is 4.96. The molecule has 0 bridgehead atoms. The molecule has 4 aromatic rings. The Bertz CT molecular complexity index is 1580. The quantitative estimate of drug-likeness (QED) is 0.0921. The van der Waals surface area contributed by atoms with Crippen molar-refractivity contribution in [1.82, 2.24) is 14.5 Å². The number of hydrogen-bond acceptors (Lipinski definition) is 5. The first kappa shape index (κ1) is 35.1. The van der Waals surface area contributed by atoms with Crippen LogP contribution in [0.5, 0.6) is 5.75 Å². The average Bonchev–Trinajstić information content (AvgIpc) is 3.33. The lowest BCUT2D eigenvalue weighted by Gasteiger charge is -2.32. The number of unbranched alkanes of at least 4 members (excludes halogenated alkanes) is 3. The topological polar surface area (TPSA) is 75.8 Å². The van der Waals surface area contributed by atoms with E-state index in [1.165, 1.54) is 57.5 Å². The first-order valence-corrected chi connectivity index (χ1v) is 17.8. The number of fused-ring (bicyclic) bond motifs is 1. The Kier molecular flexibility index (Phi) is 12.9. The van der Waals surface area contributed by atoms with Crippen LogP contribution in [0.3, 0.4) is 0 Å². The molecule has 1 unspecified atom stereocenters. The van der Waals surface area contributed by atoms with Gasteiger partial charge in [-0.1, -0.05) is 61.5 Å². The largest absolute Gasteiger partial charge is 0.494 e. The van der Waals surface area contributed by atoms with Crippen LogP contribution in [0.25, 0.3) is 10.9 Å². The Labute approximate surface area is 289 Å². The first-order valence-electron chi connectivity index (χ1n) is 17.1. The summed E-state index contributed by atoms with van der Waals surface area (Å²) < 4.78 is 7.94. The van der Waals surface area contributed by atoms with Crippen LogP contribution in [0.15, 0.2) is 66.7 Å². The Morgan fingerprint density at radius 1 is 0.915 bits per heavy atom. The van der Waals surface area contributed by atoms with E-state index in [-0.39, 0.29) is 11.8 Å². The summed E-state index contributed by atoms with van der Waals surface area (Å²) in [7, 11) is 2.20. The molecule has 1 fully saturated rings. The molecule has 2 heterocycles. The van der Waals surface area contributed by atoms with Crippen molar-refractivity contribution in [1.29, 1.82) is 0 Å². The van der Waals surface area contributed by atoms with E-state index < -0.39 is 0 Å². The number of amides is 1. The van der Waals surface area contributed by atoms with Gasteiger partial charge in [-0.2, -0.15) is 0 Å². The number of likely N-dealkylation sites (N-methyl/N-ethyl adjacent to an activating group) is 1. The third-order valence-corrected chi connectivity index (χ3v) is 9.73. The number of nitrogens with zero attached hydrogens (tertiary/aromatic N) is 3. The van der Waals surface area contributed by atoms with E-state index in [4.69, 9.17) is 33.8 Å². The van der Waals surface area contributed by atoms with Crippen molar-refractivity contribution in [3.8, 4) is 5.75 Å². The lowest BCUT2D eigenvalue weighted by molar-refractivity contribution is -0.116. The monoisotopic (exact) mass is 677 g/mol. The second kappa shape index (κ2) is 17.3. The molecule has 1 atom stereocenters. The summed E-state index contributed by atoms with van der Waals surface area (Å²) in [5.74, 6) is 7.53. The van der Waals surface area contributed by atoms with Crippen LogP contribution in [0.4, 0.5) is 5.69 Å². The van der Waals surface area contributed by atoms with E-state index in [0.717, 1.165) is 52.9 Å². The highest BCUT2D eigenvalue weighted by Crippen LogP contribution is 2.38. The van der Waals surface area contributed by atoms with E-state index in [9.17, 15) is 4.79 Å². The molecule has 7 nitrogen and oxygen atoms in total. The van der Waals surface area contributed by atoms with Crippen molar-refractivity contribution in [3.05, 3.63) is 93.6 Å². The van der Waals surface area contributed by atoms with Crippen LogP contribution < -0.4 is 15.9 Å². The first-order chi connectivity index (χ1) is 22.8. The fraction of sp³-hybridized carbons (Fsp3) is 0.447. The van der Waals surface area contributed by atoms with Gasteiger partial charge in [0, 0.05) is 59.6 Å². The summed E-state index contributed by atoms with van der Waals surface area (Å²) in [6, 6.07) is 21.4. The van der Waals surface area contributed by atoms with Crippen molar-refractivity contribution >= 4 is 45.7 Å². The van der Waals surface area contributed by atoms with Gasteiger partial charge in [-0.15, -0.1) is 0 Å². The zero-order valence-corrected chi connectivity index (χ0v) is 29.3. The van der Waals surface area contributed by atoms with Crippen LogP contribution in [0, 0.1) is 0 Å².